The zero-order valence-corrected chi connectivity index (χ0v) is 16.2. The van der Waals surface area contributed by atoms with Crippen molar-refractivity contribution in [2.75, 3.05) is 0 Å². The number of halogens is 1. The zero-order valence-electron chi connectivity index (χ0n) is 15.4. The second-order valence-corrected chi connectivity index (χ2v) is 6.96. The molecule has 8 heteroatoms. The van der Waals surface area contributed by atoms with Gasteiger partial charge in [0.1, 0.15) is 11.8 Å². The van der Waals surface area contributed by atoms with E-state index in [0.29, 0.717) is 22.1 Å². The molecule has 2 aromatic heterocycles. The van der Waals surface area contributed by atoms with Crippen LogP contribution in [-0.2, 0) is 11.3 Å². The topological polar surface area (TPSA) is 97.4 Å². The fraction of sp³-hybridized carbons (Fsp3) is 0.250. The Balaban J connectivity index is 1.67. The highest BCUT2D eigenvalue weighted by molar-refractivity contribution is 6.33. The van der Waals surface area contributed by atoms with E-state index < -0.39 is 11.9 Å². The van der Waals surface area contributed by atoms with Gasteiger partial charge in [0.2, 0.25) is 5.91 Å². The van der Waals surface area contributed by atoms with Crippen molar-refractivity contribution in [1.82, 2.24) is 15.8 Å². The van der Waals surface area contributed by atoms with Gasteiger partial charge in [-0.25, -0.2) is 0 Å². The first-order valence-electron chi connectivity index (χ1n) is 8.78. The molecule has 0 saturated carbocycles. The molecule has 2 heterocycles. The Kier molecular flexibility index (Phi) is 6.16. The Morgan fingerprint density at radius 2 is 1.96 bits per heavy atom. The molecule has 0 fully saturated rings. The molecule has 146 valence electrons. The van der Waals surface area contributed by atoms with Gasteiger partial charge in [0.05, 0.1) is 17.8 Å². The second kappa shape index (κ2) is 8.75. The van der Waals surface area contributed by atoms with E-state index in [4.69, 9.17) is 20.5 Å². The van der Waals surface area contributed by atoms with Crippen LogP contribution in [0.15, 0.2) is 57.7 Å². The summed E-state index contributed by atoms with van der Waals surface area (Å²) in [4.78, 5) is 25.1. The van der Waals surface area contributed by atoms with Crippen molar-refractivity contribution in [2.45, 2.75) is 26.4 Å². The molecular weight excluding hydrogens is 382 g/mol. The van der Waals surface area contributed by atoms with Crippen molar-refractivity contribution in [3.63, 3.8) is 0 Å². The molecule has 2 amide bonds. The number of nitrogens with one attached hydrogen (secondary N) is 2. The number of hydrogen-bond acceptors (Lipinski definition) is 5. The normalized spacial score (nSPS) is 12.0. The summed E-state index contributed by atoms with van der Waals surface area (Å²) in [5, 5.41) is 9.75. The molecule has 0 aliphatic heterocycles. The number of rotatable bonds is 7. The number of furan rings is 1. The number of amides is 2. The molecule has 3 rings (SSSR count). The predicted molar refractivity (Wildman–Crippen MR) is 104 cm³/mol. The quantitative estimate of drug-likeness (QED) is 0.629. The monoisotopic (exact) mass is 401 g/mol. The van der Waals surface area contributed by atoms with Gasteiger partial charge < -0.3 is 19.6 Å². The van der Waals surface area contributed by atoms with Crippen molar-refractivity contribution in [2.24, 2.45) is 5.92 Å². The third-order valence-corrected chi connectivity index (χ3v) is 4.46. The summed E-state index contributed by atoms with van der Waals surface area (Å²) >= 11 is 6.14. The van der Waals surface area contributed by atoms with Crippen LogP contribution in [0.25, 0.3) is 11.3 Å². The van der Waals surface area contributed by atoms with Crippen LogP contribution in [0.5, 0.6) is 0 Å². The molecule has 3 aromatic rings. The fourth-order valence-corrected chi connectivity index (χ4v) is 2.85. The molecule has 0 aliphatic rings. The van der Waals surface area contributed by atoms with Gasteiger partial charge in [-0.2, -0.15) is 0 Å². The van der Waals surface area contributed by atoms with Gasteiger partial charge in [-0.3, -0.25) is 9.59 Å². The van der Waals surface area contributed by atoms with Gasteiger partial charge >= 0.3 is 0 Å². The van der Waals surface area contributed by atoms with Gasteiger partial charge in [0, 0.05) is 11.6 Å². The summed E-state index contributed by atoms with van der Waals surface area (Å²) in [6.45, 7) is 3.93. The lowest BCUT2D eigenvalue weighted by atomic mass is 10.0. The molecule has 28 heavy (non-hydrogen) atoms. The number of hydrogen-bond donors (Lipinski definition) is 2. The largest absolute Gasteiger partial charge is 0.467 e. The minimum absolute atomic E-state index is 0.0689. The maximum absolute atomic E-state index is 12.6. The Bertz CT molecular complexity index is 950. The fourth-order valence-electron chi connectivity index (χ4n) is 2.62. The van der Waals surface area contributed by atoms with Crippen molar-refractivity contribution in [3.8, 4) is 11.3 Å². The zero-order chi connectivity index (χ0) is 20.1. The lowest BCUT2D eigenvalue weighted by Gasteiger charge is -2.20. The number of carbonyl (C=O) groups is 2. The minimum Gasteiger partial charge on any atom is -0.467 e. The van der Waals surface area contributed by atoms with E-state index in [2.05, 4.69) is 15.8 Å². The van der Waals surface area contributed by atoms with E-state index in [-0.39, 0.29) is 24.1 Å². The lowest BCUT2D eigenvalue weighted by Crippen LogP contribution is -2.49. The molecule has 1 unspecified atom stereocenters. The summed E-state index contributed by atoms with van der Waals surface area (Å²) < 4.78 is 10.4. The van der Waals surface area contributed by atoms with E-state index in [9.17, 15) is 9.59 Å². The van der Waals surface area contributed by atoms with E-state index in [1.54, 1.807) is 30.3 Å². The Hall–Kier alpha value is -3.06. The Labute approximate surface area is 167 Å². The highest BCUT2D eigenvalue weighted by Crippen LogP contribution is 2.27. The standard InChI is InChI=1S/C20H20ClN3O4/c1-12(2)18(20(26)22-11-13-6-5-9-27-13)23-19(25)16-10-17(28-24-16)14-7-3-4-8-15(14)21/h3-10,12,18H,11H2,1-2H3,(H,22,26)(H,23,25). The smallest absolute Gasteiger partial charge is 0.274 e. The molecule has 2 N–H and O–H groups in total. The van der Waals surface area contributed by atoms with Crippen LogP contribution in [0.4, 0.5) is 0 Å². The van der Waals surface area contributed by atoms with Gasteiger partial charge in [0.25, 0.3) is 5.91 Å². The predicted octanol–water partition coefficient (Wildman–Crippen LogP) is 3.66. The van der Waals surface area contributed by atoms with E-state index in [0.717, 1.165) is 0 Å². The number of aromatic nitrogens is 1. The van der Waals surface area contributed by atoms with Crippen molar-refractivity contribution in [3.05, 3.63) is 65.2 Å². The van der Waals surface area contributed by atoms with Gasteiger partial charge in [-0.1, -0.05) is 42.7 Å². The van der Waals surface area contributed by atoms with E-state index in [1.165, 1.54) is 12.3 Å². The van der Waals surface area contributed by atoms with Crippen molar-refractivity contribution >= 4 is 23.4 Å². The molecule has 0 aliphatic carbocycles. The molecule has 0 radical (unpaired) electrons. The lowest BCUT2D eigenvalue weighted by molar-refractivity contribution is -0.124. The van der Waals surface area contributed by atoms with Crippen molar-refractivity contribution < 1.29 is 18.5 Å². The van der Waals surface area contributed by atoms with E-state index >= 15 is 0 Å². The number of nitrogens with zero attached hydrogens (tertiary/aromatic N) is 1. The van der Waals surface area contributed by atoms with Crippen molar-refractivity contribution in [1.29, 1.82) is 0 Å². The maximum Gasteiger partial charge on any atom is 0.274 e. The molecule has 0 saturated heterocycles. The molecular formula is C20H20ClN3O4. The van der Waals surface area contributed by atoms with Gasteiger partial charge in [-0.15, -0.1) is 0 Å². The van der Waals surface area contributed by atoms with Crippen LogP contribution in [0.1, 0.15) is 30.1 Å². The van der Waals surface area contributed by atoms with Crippen LogP contribution in [0.2, 0.25) is 5.02 Å². The first-order chi connectivity index (χ1) is 13.5. The molecule has 0 bridgehead atoms. The SMILES string of the molecule is CC(C)C(NC(=O)c1cc(-c2ccccc2Cl)on1)C(=O)NCc1ccco1. The van der Waals surface area contributed by atoms with Crippen LogP contribution >= 0.6 is 11.6 Å². The second-order valence-electron chi connectivity index (χ2n) is 6.55. The molecule has 0 spiro atoms. The van der Waals surface area contributed by atoms with E-state index in [1.807, 2.05) is 19.9 Å². The third kappa shape index (κ3) is 4.61. The average molecular weight is 402 g/mol. The number of benzene rings is 1. The van der Waals surface area contributed by atoms with Crippen LogP contribution < -0.4 is 10.6 Å². The van der Waals surface area contributed by atoms with Gasteiger partial charge in [-0.05, 0) is 30.2 Å². The maximum atomic E-state index is 12.6. The third-order valence-electron chi connectivity index (χ3n) is 4.13. The molecule has 7 nitrogen and oxygen atoms in total. The Morgan fingerprint density at radius 3 is 2.64 bits per heavy atom. The van der Waals surface area contributed by atoms with Crippen LogP contribution in [-0.4, -0.2) is 23.0 Å². The Morgan fingerprint density at radius 1 is 1.18 bits per heavy atom. The van der Waals surface area contributed by atoms with Crippen LogP contribution in [0.3, 0.4) is 0 Å². The summed E-state index contributed by atoms with van der Waals surface area (Å²) in [5.41, 5.74) is 0.701. The highest BCUT2D eigenvalue weighted by Gasteiger charge is 2.26. The first-order valence-corrected chi connectivity index (χ1v) is 9.16. The number of carbonyl (C=O) groups excluding carboxylic acids is 2. The summed E-state index contributed by atoms with van der Waals surface area (Å²) in [7, 11) is 0. The minimum atomic E-state index is -0.733. The summed E-state index contributed by atoms with van der Waals surface area (Å²) in [6, 6.07) is 11.4. The van der Waals surface area contributed by atoms with Gasteiger partial charge in [0.15, 0.2) is 11.5 Å². The molecule has 1 aromatic carbocycles. The summed E-state index contributed by atoms with van der Waals surface area (Å²) in [6.07, 6.45) is 1.53. The average Bonchev–Trinajstić information content (AvgIpc) is 3.36. The van der Waals surface area contributed by atoms with Crippen LogP contribution in [0, 0.1) is 5.92 Å². The highest BCUT2D eigenvalue weighted by atomic mass is 35.5. The summed E-state index contributed by atoms with van der Waals surface area (Å²) in [5.74, 6) is 0.0566. The molecule has 1 atom stereocenters. The first kappa shape index (κ1) is 19.7.